The molecule has 3 unspecified atom stereocenters. The molecule has 0 bridgehead atoms. The summed E-state index contributed by atoms with van der Waals surface area (Å²) in [4.78, 5) is 0. The normalized spacial score (nSPS) is 24.6. The zero-order valence-electron chi connectivity index (χ0n) is 25.9. The van der Waals surface area contributed by atoms with Crippen LogP contribution in [0.5, 0.6) is 11.5 Å². The van der Waals surface area contributed by atoms with Gasteiger partial charge in [0.15, 0.2) is 16.7 Å². The maximum Gasteiger partial charge on any atom is 0.304 e. The lowest BCUT2D eigenvalue weighted by Gasteiger charge is -2.56. The van der Waals surface area contributed by atoms with Crippen molar-refractivity contribution in [1.82, 2.24) is 33.1 Å². The predicted octanol–water partition coefficient (Wildman–Crippen LogP) is 6.02. The summed E-state index contributed by atoms with van der Waals surface area (Å²) in [5, 5.41) is 15.6. The Morgan fingerprint density at radius 2 is 1.24 bits per heavy atom. The fourth-order valence-corrected chi connectivity index (χ4v) is 15.0. The number of hydrazine groups is 2. The first kappa shape index (κ1) is 32.8. The average Bonchev–Trinajstić information content (AvgIpc) is 2.71. The van der Waals surface area contributed by atoms with E-state index in [4.69, 9.17) is 9.04 Å². The van der Waals surface area contributed by atoms with E-state index in [9.17, 15) is 5.11 Å². The average molecular weight is 577 g/mol. The summed E-state index contributed by atoms with van der Waals surface area (Å²) in [6, 6.07) is 4.01. The van der Waals surface area contributed by atoms with Gasteiger partial charge in [-0.3, -0.25) is 9.34 Å². The molecule has 0 spiro atoms. The van der Waals surface area contributed by atoms with E-state index in [0.717, 1.165) is 16.9 Å². The molecule has 214 valence electrons. The fraction of sp³-hybridized carbons (Fsp3) is 0.750. The van der Waals surface area contributed by atoms with E-state index < -0.39 is 24.3 Å². The molecule has 3 atom stereocenters. The van der Waals surface area contributed by atoms with Crippen molar-refractivity contribution in [3.05, 3.63) is 23.3 Å². The van der Waals surface area contributed by atoms with E-state index in [2.05, 4.69) is 145 Å². The van der Waals surface area contributed by atoms with Crippen molar-refractivity contribution in [3.8, 4) is 11.5 Å². The summed E-state index contributed by atoms with van der Waals surface area (Å²) in [5.41, 5.74) is 1.23. The number of nitrogens with zero attached hydrogens (tertiary/aromatic N) is 8. The molecule has 10 nitrogen and oxygen atoms in total. The van der Waals surface area contributed by atoms with E-state index in [1.54, 1.807) is 0 Å². The summed E-state index contributed by atoms with van der Waals surface area (Å²) >= 11 is 0. The van der Waals surface area contributed by atoms with Gasteiger partial charge in [0.2, 0.25) is 0 Å². The summed E-state index contributed by atoms with van der Waals surface area (Å²) in [6.07, 6.45) is 0. The Morgan fingerprint density at radius 1 is 0.784 bits per heavy atom. The Morgan fingerprint density at radius 3 is 1.54 bits per heavy atom. The minimum atomic E-state index is -2.76. The minimum Gasteiger partial charge on any atom is -0.507 e. The smallest absolute Gasteiger partial charge is 0.304 e. The molecule has 1 aromatic rings. The lowest BCUT2D eigenvalue weighted by Crippen LogP contribution is -2.48. The van der Waals surface area contributed by atoms with E-state index in [1.807, 2.05) is 12.1 Å². The van der Waals surface area contributed by atoms with Gasteiger partial charge in [-0.15, -0.1) is 9.10 Å². The molecule has 0 aromatic heterocycles. The molecular weight excluding hydrogens is 525 g/mol. The molecule has 0 amide bonds. The van der Waals surface area contributed by atoms with Crippen LogP contribution in [0, 0.1) is 0 Å². The number of phenolic OH excluding ortho intramolecular Hbond substituents is 1. The Kier molecular flexibility index (Phi) is 10.3. The van der Waals surface area contributed by atoms with Gasteiger partial charge in [0.05, 0.1) is 0 Å². The first-order valence-electron chi connectivity index (χ1n) is 12.4. The van der Waals surface area contributed by atoms with E-state index in [0.29, 0.717) is 5.75 Å². The van der Waals surface area contributed by atoms with Gasteiger partial charge in [-0.25, -0.2) is 14.7 Å². The first-order chi connectivity index (χ1) is 16.7. The Hall–Kier alpha value is -0.370. The predicted molar refractivity (Wildman–Crippen MR) is 161 cm³/mol. The molecule has 0 radical (unpaired) electrons. The van der Waals surface area contributed by atoms with Crippen molar-refractivity contribution in [1.29, 1.82) is 0 Å². The minimum absolute atomic E-state index is 0.258. The lowest BCUT2D eigenvalue weighted by atomic mass is 9.79. The molecule has 1 heterocycles. The van der Waals surface area contributed by atoms with Crippen molar-refractivity contribution in [2.45, 2.75) is 52.4 Å². The summed E-state index contributed by atoms with van der Waals surface area (Å²) in [7, 11) is 15.9. The van der Waals surface area contributed by atoms with Crippen LogP contribution in [0.4, 0.5) is 0 Å². The highest BCUT2D eigenvalue weighted by atomic mass is 31.3. The van der Waals surface area contributed by atoms with Crippen molar-refractivity contribution in [2.24, 2.45) is 4.52 Å². The maximum atomic E-state index is 11.3. The molecule has 2 rings (SSSR count). The van der Waals surface area contributed by atoms with E-state index in [-0.39, 0.29) is 10.8 Å². The van der Waals surface area contributed by atoms with Crippen molar-refractivity contribution in [2.75, 3.05) is 70.5 Å². The molecule has 37 heavy (non-hydrogen) atoms. The fourth-order valence-electron chi connectivity index (χ4n) is 4.02. The standard InChI is InChI=1S/C24H51N8O2P3/c1-23(2,3)20-17-19(18-21(22(20)33)24(4,5)6)34-37(30(15)16)25-35(28(11)12)31(26(7)8)36(29(13)14)32(37)27(9)10/h17-18,33H,1-16H3. The van der Waals surface area contributed by atoms with Crippen LogP contribution in [0.25, 0.3) is 0 Å². The second-order valence-corrected chi connectivity index (χ2v) is 19.9. The molecule has 13 heteroatoms. The number of aromatic hydroxyl groups is 1. The lowest BCUT2D eigenvalue weighted by molar-refractivity contribution is 0.157. The molecule has 0 saturated heterocycles. The zero-order chi connectivity index (χ0) is 28.8. The number of phenols is 1. The highest BCUT2D eigenvalue weighted by Gasteiger charge is 2.53. The zero-order valence-corrected chi connectivity index (χ0v) is 28.6. The summed E-state index contributed by atoms with van der Waals surface area (Å²) in [6.45, 7) is 12.7. The molecule has 0 saturated carbocycles. The number of hydrogen-bond donors (Lipinski definition) is 1. The van der Waals surface area contributed by atoms with Crippen molar-refractivity contribution in [3.63, 3.8) is 0 Å². The van der Waals surface area contributed by atoms with Gasteiger partial charge in [-0.05, 0) is 65.2 Å². The van der Waals surface area contributed by atoms with Gasteiger partial charge in [0, 0.05) is 39.3 Å². The first-order valence-corrected chi connectivity index (χ1v) is 16.4. The van der Waals surface area contributed by atoms with Crippen LogP contribution in [-0.4, -0.2) is 109 Å². The Labute approximate surface area is 229 Å². The quantitative estimate of drug-likeness (QED) is 0.393. The Balaban J connectivity index is 2.97. The second-order valence-electron chi connectivity index (χ2n) is 12.4. The third-order valence-corrected chi connectivity index (χ3v) is 15.3. The van der Waals surface area contributed by atoms with E-state index >= 15 is 0 Å². The molecule has 1 N–H and O–H groups in total. The van der Waals surface area contributed by atoms with Crippen LogP contribution in [0.15, 0.2) is 16.6 Å². The molecule has 0 fully saturated rings. The van der Waals surface area contributed by atoms with Crippen LogP contribution in [0.2, 0.25) is 0 Å². The molecular formula is C24H51N8O2P3. The molecule has 0 aliphatic carbocycles. The van der Waals surface area contributed by atoms with Gasteiger partial charge >= 0.3 is 7.58 Å². The SMILES string of the molecule is CN(C)N1P(N(C)C)N=P(Oc2cc(C(C)(C)C)c(O)c(C(C)(C)C)c2)(N(C)C)N(N(C)C)P1N(C)C. The Bertz CT molecular complexity index is 968. The van der Waals surface area contributed by atoms with Crippen molar-refractivity contribution >= 4 is 24.3 Å². The van der Waals surface area contributed by atoms with E-state index in [1.165, 1.54) is 0 Å². The monoisotopic (exact) mass is 576 g/mol. The van der Waals surface area contributed by atoms with Gasteiger partial charge < -0.3 is 9.63 Å². The van der Waals surface area contributed by atoms with Gasteiger partial charge in [-0.2, -0.15) is 4.52 Å². The van der Waals surface area contributed by atoms with Crippen LogP contribution in [0.3, 0.4) is 0 Å². The topological polar surface area (TPSA) is 64.5 Å². The van der Waals surface area contributed by atoms with Crippen molar-refractivity contribution < 1.29 is 9.63 Å². The maximum absolute atomic E-state index is 11.3. The highest BCUT2D eigenvalue weighted by Crippen LogP contribution is 2.79. The van der Waals surface area contributed by atoms with Crippen LogP contribution < -0.4 is 4.52 Å². The van der Waals surface area contributed by atoms with Gasteiger partial charge in [0.1, 0.15) is 11.5 Å². The van der Waals surface area contributed by atoms with Crippen LogP contribution in [-0.2, 0) is 10.8 Å². The van der Waals surface area contributed by atoms with Crippen LogP contribution >= 0.6 is 24.3 Å². The number of hydrogen-bond acceptors (Lipinski definition) is 10. The van der Waals surface area contributed by atoms with Gasteiger partial charge in [-0.1, -0.05) is 41.5 Å². The van der Waals surface area contributed by atoms with Crippen LogP contribution in [0.1, 0.15) is 52.7 Å². The number of rotatable bonds is 7. The molecule has 1 aliphatic heterocycles. The number of benzene rings is 1. The molecule has 1 aromatic carbocycles. The summed E-state index contributed by atoms with van der Waals surface area (Å²) < 4.78 is 24.0. The van der Waals surface area contributed by atoms with Gasteiger partial charge in [0.25, 0.3) is 0 Å². The highest BCUT2D eigenvalue weighted by molar-refractivity contribution is 7.80. The third kappa shape index (κ3) is 6.69. The largest absolute Gasteiger partial charge is 0.507 e. The molecule has 1 aliphatic rings. The third-order valence-electron chi connectivity index (χ3n) is 5.79. The second kappa shape index (κ2) is 11.6. The summed E-state index contributed by atoms with van der Waals surface area (Å²) in [5.74, 6) is 1.07.